The molecule has 1 aliphatic carbocycles. The van der Waals surface area contributed by atoms with E-state index in [2.05, 4.69) is 17.6 Å². The van der Waals surface area contributed by atoms with Crippen LogP contribution >= 0.6 is 0 Å². The van der Waals surface area contributed by atoms with Crippen LogP contribution in [0.4, 0.5) is 4.79 Å². The summed E-state index contributed by atoms with van der Waals surface area (Å²) in [5, 5.41) is 5.83. The lowest BCUT2D eigenvalue weighted by Gasteiger charge is -2.31. The first-order valence-corrected chi connectivity index (χ1v) is 9.05. The van der Waals surface area contributed by atoms with Crippen LogP contribution in [-0.4, -0.2) is 50.2 Å². The van der Waals surface area contributed by atoms with E-state index in [1.165, 1.54) is 10.7 Å². The van der Waals surface area contributed by atoms with Gasteiger partial charge in [-0.05, 0) is 38.0 Å². The molecular formula is C13H25N3O3S. The van der Waals surface area contributed by atoms with Crippen LogP contribution in [0.5, 0.6) is 0 Å². The van der Waals surface area contributed by atoms with Crippen molar-refractivity contribution in [1.82, 2.24) is 14.9 Å². The first-order chi connectivity index (χ1) is 9.42. The maximum Gasteiger partial charge on any atom is 0.315 e. The molecule has 2 rings (SSSR count). The molecule has 2 unspecified atom stereocenters. The van der Waals surface area contributed by atoms with E-state index < -0.39 is 10.0 Å². The topological polar surface area (TPSA) is 78.5 Å². The van der Waals surface area contributed by atoms with Crippen LogP contribution in [0.15, 0.2) is 0 Å². The van der Waals surface area contributed by atoms with E-state index in [0.29, 0.717) is 31.8 Å². The van der Waals surface area contributed by atoms with E-state index >= 15 is 0 Å². The van der Waals surface area contributed by atoms with Gasteiger partial charge in [-0.25, -0.2) is 17.5 Å². The van der Waals surface area contributed by atoms with Crippen LogP contribution in [0.1, 0.15) is 33.1 Å². The highest BCUT2D eigenvalue weighted by Gasteiger charge is 2.32. The fourth-order valence-corrected chi connectivity index (χ4v) is 3.74. The molecule has 116 valence electrons. The minimum Gasteiger partial charge on any atom is -0.338 e. The van der Waals surface area contributed by atoms with Gasteiger partial charge >= 0.3 is 6.03 Å². The molecular weight excluding hydrogens is 278 g/mol. The number of piperidine rings is 1. The van der Waals surface area contributed by atoms with Gasteiger partial charge < -0.3 is 10.6 Å². The molecule has 1 saturated carbocycles. The molecule has 2 fully saturated rings. The number of amides is 2. The number of sulfonamides is 1. The summed E-state index contributed by atoms with van der Waals surface area (Å²) >= 11 is 0. The van der Waals surface area contributed by atoms with Crippen LogP contribution in [-0.2, 0) is 10.0 Å². The summed E-state index contributed by atoms with van der Waals surface area (Å²) in [5.41, 5.74) is 0. The van der Waals surface area contributed by atoms with Crippen molar-refractivity contribution in [2.24, 2.45) is 11.8 Å². The lowest BCUT2D eigenvalue weighted by atomic mass is 10.1. The second-order valence-corrected chi connectivity index (χ2v) is 8.16. The molecule has 2 N–H and O–H groups in total. The van der Waals surface area contributed by atoms with E-state index in [-0.39, 0.29) is 17.8 Å². The van der Waals surface area contributed by atoms with Crippen molar-refractivity contribution in [2.45, 2.75) is 39.2 Å². The lowest BCUT2D eigenvalue weighted by molar-refractivity contribution is 0.227. The number of nitrogens with zero attached hydrogens (tertiary/aromatic N) is 1. The van der Waals surface area contributed by atoms with Gasteiger partial charge in [-0.3, -0.25) is 0 Å². The third kappa shape index (κ3) is 4.09. The van der Waals surface area contributed by atoms with Crippen molar-refractivity contribution in [2.75, 3.05) is 25.4 Å². The summed E-state index contributed by atoms with van der Waals surface area (Å²) in [6.45, 7) is 5.59. The summed E-state index contributed by atoms with van der Waals surface area (Å²) in [6, 6.07) is -0.0455. The molecule has 6 nitrogen and oxygen atoms in total. The Balaban J connectivity index is 1.67. The van der Waals surface area contributed by atoms with E-state index in [9.17, 15) is 13.2 Å². The Labute approximate surface area is 121 Å². The number of carbonyl (C=O) groups is 1. The maximum atomic E-state index is 11.7. The summed E-state index contributed by atoms with van der Waals surface area (Å²) in [6.07, 6.45) is 2.58. The summed E-state index contributed by atoms with van der Waals surface area (Å²) in [5.74, 6) is 1.51. The molecule has 0 aromatic rings. The van der Waals surface area contributed by atoms with Crippen molar-refractivity contribution >= 4 is 16.1 Å². The normalized spacial score (nSPS) is 28.1. The third-order valence-corrected chi connectivity index (χ3v) is 6.23. The quantitative estimate of drug-likeness (QED) is 0.787. The Hall–Kier alpha value is -0.820. The Kier molecular flexibility index (Phi) is 4.90. The second-order valence-electron chi connectivity index (χ2n) is 5.90. The Morgan fingerprint density at radius 2 is 1.90 bits per heavy atom. The van der Waals surface area contributed by atoms with Gasteiger partial charge in [0.2, 0.25) is 10.0 Å². The van der Waals surface area contributed by atoms with Crippen molar-refractivity contribution < 1.29 is 13.2 Å². The number of hydrogen-bond acceptors (Lipinski definition) is 3. The van der Waals surface area contributed by atoms with E-state index in [1.54, 1.807) is 6.92 Å². The number of rotatable bonds is 5. The number of urea groups is 1. The summed E-state index contributed by atoms with van der Waals surface area (Å²) in [7, 11) is -3.09. The molecule has 2 atom stereocenters. The van der Waals surface area contributed by atoms with Gasteiger partial charge in [0.25, 0.3) is 0 Å². The zero-order valence-corrected chi connectivity index (χ0v) is 13.1. The van der Waals surface area contributed by atoms with Gasteiger partial charge in [0, 0.05) is 25.7 Å². The predicted molar refractivity (Wildman–Crippen MR) is 77.9 cm³/mol. The SMILES string of the molecule is CCS(=O)(=O)N1CCC(NC(=O)NCC2CC2C)CC1. The van der Waals surface area contributed by atoms with Crippen molar-refractivity contribution in [1.29, 1.82) is 0 Å². The van der Waals surface area contributed by atoms with Gasteiger partial charge in [-0.2, -0.15) is 0 Å². The number of carbonyl (C=O) groups excluding carboxylic acids is 1. The third-order valence-electron chi connectivity index (χ3n) is 4.35. The van der Waals surface area contributed by atoms with Crippen LogP contribution < -0.4 is 10.6 Å². The zero-order chi connectivity index (χ0) is 14.8. The molecule has 7 heteroatoms. The first kappa shape index (κ1) is 15.6. The molecule has 20 heavy (non-hydrogen) atoms. The van der Waals surface area contributed by atoms with Crippen molar-refractivity contribution in [3.63, 3.8) is 0 Å². The summed E-state index contributed by atoms with van der Waals surface area (Å²) < 4.78 is 25.0. The maximum absolute atomic E-state index is 11.7. The predicted octanol–water partition coefficient (Wildman–Crippen LogP) is 0.756. The standard InChI is InChI=1S/C13H25N3O3S/c1-3-20(18,19)16-6-4-12(5-7-16)15-13(17)14-9-11-8-10(11)2/h10-12H,3-9H2,1-2H3,(H2,14,15,17). The van der Waals surface area contributed by atoms with E-state index in [4.69, 9.17) is 0 Å². The van der Waals surface area contributed by atoms with Gasteiger partial charge in [-0.1, -0.05) is 6.92 Å². The van der Waals surface area contributed by atoms with E-state index in [0.717, 1.165) is 12.5 Å². The molecule has 0 aromatic heterocycles. The van der Waals surface area contributed by atoms with Gasteiger partial charge in [0.1, 0.15) is 0 Å². The number of nitrogens with one attached hydrogen (secondary N) is 2. The monoisotopic (exact) mass is 303 g/mol. The molecule has 1 saturated heterocycles. The molecule has 0 aromatic carbocycles. The first-order valence-electron chi connectivity index (χ1n) is 7.44. The van der Waals surface area contributed by atoms with Crippen LogP contribution in [0, 0.1) is 11.8 Å². The largest absolute Gasteiger partial charge is 0.338 e. The van der Waals surface area contributed by atoms with E-state index in [1.807, 2.05) is 0 Å². The van der Waals surface area contributed by atoms with Crippen LogP contribution in [0.25, 0.3) is 0 Å². The smallest absolute Gasteiger partial charge is 0.315 e. The lowest BCUT2D eigenvalue weighted by Crippen LogP contribution is -2.49. The van der Waals surface area contributed by atoms with Crippen molar-refractivity contribution in [3.05, 3.63) is 0 Å². The molecule has 0 bridgehead atoms. The molecule has 1 heterocycles. The minimum atomic E-state index is -3.09. The highest BCUT2D eigenvalue weighted by atomic mass is 32.2. The Morgan fingerprint density at radius 1 is 1.30 bits per heavy atom. The summed E-state index contributed by atoms with van der Waals surface area (Å²) in [4.78, 5) is 11.7. The fraction of sp³-hybridized carbons (Fsp3) is 0.923. The molecule has 2 amide bonds. The minimum absolute atomic E-state index is 0.0786. The molecule has 0 spiro atoms. The van der Waals surface area contributed by atoms with Gasteiger partial charge in [0.05, 0.1) is 5.75 Å². The highest BCUT2D eigenvalue weighted by molar-refractivity contribution is 7.89. The highest BCUT2D eigenvalue weighted by Crippen LogP contribution is 2.36. The van der Waals surface area contributed by atoms with Crippen LogP contribution in [0.3, 0.4) is 0 Å². The Bertz CT molecular complexity index is 444. The molecule has 0 radical (unpaired) electrons. The zero-order valence-electron chi connectivity index (χ0n) is 12.3. The molecule has 2 aliphatic rings. The van der Waals surface area contributed by atoms with Gasteiger partial charge in [0.15, 0.2) is 0 Å². The van der Waals surface area contributed by atoms with Crippen LogP contribution in [0.2, 0.25) is 0 Å². The Morgan fingerprint density at radius 3 is 2.40 bits per heavy atom. The second kappa shape index (κ2) is 6.30. The van der Waals surface area contributed by atoms with Gasteiger partial charge in [-0.15, -0.1) is 0 Å². The van der Waals surface area contributed by atoms with Crippen molar-refractivity contribution in [3.8, 4) is 0 Å². The molecule has 1 aliphatic heterocycles. The number of hydrogen-bond donors (Lipinski definition) is 2. The average molecular weight is 303 g/mol. The fourth-order valence-electron chi connectivity index (χ4n) is 2.60. The average Bonchev–Trinajstić information content (AvgIpc) is 3.13.